The van der Waals surface area contributed by atoms with Crippen LogP contribution in [-0.4, -0.2) is 9.97 Å². The maximum atomic E-state index is 6.03. The Morgan fingerprint density at radius 1 is 1.25 bits per heavy atom. The van der Waals surface area contributed by atoms with Gasteiger partial charge >= 0.3 is 0 Å². The molecule has 0 bridgehead atoms. The molecule has 1 aromatic carbocycles. The summed E-state index contributed by atoms with van der Waals surface area (Å²) < 4.78 is 0. The van der Waals surface area contributed by atoms with E-state index in [1.54, 1.807) is 0 Å². The SMILES string of the molecule is Cc1[nH]c(-c2ccc(Cl)cc2)nc1C(C)Cl. The molecular weight excluding hydrogens is 243 g/mol. The Labute approximate surface area is 105 Å². The Morgan fingerprint density at radius 2 is 1.88 bits per heavy atom. The molecule has 0 spiro atoms. The van der Waals surface area contributed by atoms with Crippen LogP contribution in [0, 0.1) is 6.92 Å². The first-order valence-corrected chi connectivity index (χ1v) is 5.86. The number of nitrogens with one attached hydrogen (secondary N) is 1. The normalized spacial score (nSPS) is 12.8. The van der Waals surface area contributed by atoms with Gasteiger partial charge in [-0.05, 0) is 38.1 Å². The Morgan fingerprint density at radius 3 is 2.38 bits per heavy atom. The van der Waals surface area contributed by atoms with Crippen LogP contribution in [0.4, 0.5) is 0 Å². The lowest BCUT2D eigenvalue weighted by molar-refractivity contribution is 0.998. The molecular formula is C12H12Cl2N2. The van der Waals surface area contributed by atoms with Crippen molar-refractivity contribution in [1.29, 1.82) is 0 Å². The number of aromatic amines is 1. The average Bonchev–Trinajstić information content (AvgIpc) is 2.61. The van der Waals surface area contributed by atoms with E-state index in [9.17, 15) is 0 Å². The molecule has 0 aliphatic rings. The number of aromatic nitrogens is 2. The van der Waals surface area contributed by atoms with Gasteiger partial charge in [-0.2, -0.15) is 0 Å². The molecule has 0 saturated heterocycles. The molecule has 2 aromatic rings. The van der Waals surface area contributed by atoms with Crippen LogP contribution in [0.5, 0.6) is 0 Å². The zero-order chi connectivity index (χ0) is 11.7. The number of imidazole rings is 1. The smallest absolute Gasteiger partial charge is 0.137 e. The minimum atomic E-state index is -0.0858. The number of halogens is 2. The van der Waals surface area contributed by atoms with Gasteiger partial charge in [-0.25, -0.2) is 4.98 Å². The average molecular weight is 255 g/mol. The van der Waals surface area contributed by atoms with Gasteiger partial charge in [0.2, 0.25) is 0 Å². The third-order valence-corrected chi connectivity index (χ3v) is 2.88. The molecule has 4 heteroatoms. The molecule has 0 aliphatic heterocycles. The Balaban J connectivity index is 2.41. The largest absolute Gasteiger partial charge is 0.342 e. The molecule has 2 rings (SSSR count). The van der Waals surface area contributed by atoms with Gasteiger partial charge in [-0.1, -0.05) is 11.6 Å². The number of hydrogen-bond acceptors (Lipinski definition) is 1. The first-order chi connectivity index (χ1) is 7.58. The minimum Gasteiger partial charge on any atom is -0.342 e. The molecule has 1 heterocycles. The lowest BCUT2D eigenvalue weighted by atomic mass is 10.2. The number of alkyl halides is 1. The monoisotopic (exact) mass is 254 g/mol. The summed E-state index contributed by atoms with van der Waals surface area (Å²) >= 11 is 11.9. The molecule has 2 nitrogen and oxygen atoms in total. The van der Waals surface area contributed by atoms with Gasteiger partial charge in [0.1, 0.15) is 5.82 Å². The molecule has 0 amide bonds. The summed E-state index contributed by atoms with van der Waals surface area (Å²) in [6.45, 7) is 3.89. The van der Waals surface area contributed by atoms with Crippen molar-refractivity contribution in [3.05, 3.63) is 40.7 Å². The van der Waals surface area contributed by atoms with Crippen LogP contribution >= 0.6 is 23.2 Å². The maximum absolute atomic E-state index is 6.03. The van der Waals surface area contributed by atoms with Crippen LogP contribution in [0.15, 0.2) is 24.3 Å². The summed E-state index contributed by atoms with van der Waals surface area (Å²) in [4.78, 5) is 7.70. The standard InChI is InChI=1S/C12H12Cl2N2/c1-7(13)11-8(2)15-12(16-11)9-3-5-10(14)6-4-9/h3-7H,1-2H3,(H,15,16). The van der Waals surface area contributed by atoms with Crippen LogP contribution in [0.25, 0.3) is 11.4 Å². The van der Waals surface area contributed by atoms with E-state index in [4.69, 9.17) is 23.2 Å². The third-order valence-electron chi connectivity index (χ3n) is 2.42. The molecule has 1 unspecified atom stereocenters. The van der Waals surface area contributed by atoms with Crippen molar-refractivity contribution < 1.29 is 0 Å². The van der Waals surface area contributed by atoms with Gasteiger partial charge in [0.25, 0.3) is 0 Å². The molecule has 16 heavy (non-hydrogen) atoms. The van der Waals surface area contributed by atoms with Crippen molar-refractivity contribution in [2.24, 2.45) is 0 Å². The molecule has 1 atom stereocenters. The Hall–Kier alpha value is -0.990. The van der Waals surface area contributed by atoms with Crippen molar-refractivity contribution in [1.82, 2.24) is 9.97 Å². The molecule has 0 fully saturated rings. The van der Waals surface area contributed by atoms with Crippen LogP contribution < -0.4 is 0 Å². The van der Waals surface area contributed by atoms with Gasteiger partial charge in [0.05, 0.1) is 11.1 Å². The van der Waals surface area contributed by atoms with Crippen molar-refractivity contribution in [2.75, 3.05) is 0 Å². The number of nitrogens with zero attached hydrogens (tertiary/aromatic N) is 1. The van der Waals surface area contributed by atoms with Gasteiger partial charge in [-0.3, -0.25) is 0 Å². The van der Waals surface area contributed by atoms with E-state index >= 15 is 0 Å². The van der Waals surface area contributed by atoms with Gasteiger partial charge in [0, 0.05) is 16.3 Å². The zero-order valence-electron chi connectivity index (χ0n) is 9.09. The Kier molecular flexibility index (Phi) is 3.22. The highest BCUT2D eigenvalue weighted by Crippen LogP contribution is 2.25. The summed E-state index contributed by atoms with van der Waals surface area (Å²) in [5.74, 6) is 0.830. The molecule has 1 N–H and O–H groups in total. The summed E-state index contributed by atoms with van der Waals surface area (Å²) in [5, 5.41) is 0.635. The van der Waals surface area contributed by atoms with E-state index < -0.39 is 0 Å². The number of hydrogen-bond donors (Lipinski definition) is 1. The second-order valence-electron chi connectivity index (χ2n) is 3.72. The minimum absolute atomic E-state index is 0.0858. The fourth-order valence-corrected chi connectivity index (χ4v) is 1.94. The van der Waals surface area contributed by atoms with Crippen molar-refractivity contribution in [3.63, 3.8) is 0 Å². The van der Waals surface area contributed by atoms with E-state index in [0.717, 1.165) is 27.8 Å². The first kappa shape index (κ1) is 11.5. The van der Waals surface area contributed by atoms with Crippen molar-refractivity contribution in [3.8, 4) is 11.4 Å². The summed E-state index contributed by atoms with van der Waals surface area (Å²) in [6, 6.07) is 7.56. The highest BCUT2D eigenvalue weighted by Gasteiger charge is 2.12. The molecule has 0 saturated carbocycles. The van der Waals surface area contributed by atoms with Gasteiger partial charge < -0.3 is 4.98 Å². The highest BCUT2D eigenvalue weighted by molar-refractivity contribution is 6.30. The number of aryl methyl sites for hydroxylation is 1. The summed E-state index contributed by atoms with van der Waals surface area (Å²) in [7, 11) is 0. The van der Waals surface area contributed by atoms with Gasteiger partial charge in [-0.15, -0.1) is 11.6 Å². The van der Waals surface area contributed by atoms with Crippen LogP contribution in [-0.2, 0) is 0 Å². The molecule has 84 valence electrons. The quantitative estimate of drug-likeness (QED) is 0.794. The van der Waals surface area contributed by atoms with Crippen LogP contribution in [0.1, 0.15) is 23.7 Å². The fraction of sp³-hybridized carbons (Fsp3) is 0.250. The highest BCUT2D eigenvalue weighted by atomic mass is 35.5. The lowest BCUT2D eigenvalue weighted by Gasteiger charge is -1.97. The van der Waals surface area contributed by atoms with Crippen molar-refractivity contribution >= 4 is 23.2 Å². The zero-order valence-corrected chi connectivity index (χ0v) is 10.6. The lowest BCUT2D eigenvalue weighted by Crippen LogP contribution is -1.87. The second-order valence-corrected chi connectivity index (χ2v) is 4.81. The first-order valence-electron chi connectivity index (χ1n) is 5.04. The van der Waals surface area contributed by atoms with E-state index in [-0.39, 0.29) is 5.38 Å². The van der Waals surface area contributed by atoms with E-state index in [1.807, 2.05) is 38.1 Å². The molecule has 0 aliphatic carbocycles. The van der Waals surface area contributed by atoms with E-state index in [1.165, 1.54) is 0 Å². The predicted octanol–water partition coefficient (Wildman–Crippen LogP) is 4.34. The molecule has 0 radical (unpaired) electrons. The van der Waals surface area contributed by atoms with Crippen LogP contribution in [0.2, 0.25) is 5.02 Å². The van der Waals surface area contributed by atoms with E-state index in [0.29, 0.717) is 0 Å². The number of benzene rings is 1. The Bertz CT molecular complexity index is 486. The van der Waals surface area contributed by atoms with Crippen LogP contribution in [0.3, 0.4) is 0 Å². The predicted molar refractivity (Wildman–Crippen MR) is 68.0 cm³/mol. The second kappa shape index (κ2) is 4.48. The van der Waals surface area contributed by atoms with Crippen molar-refractivity contribution in [2.45, 2.75) is 19.2 Å². The topological polar surface area (TPSA) is 28.7 Å². The maximum Gasteiger partial charge on any atom is 0.137 e. The summed E-state index contributed by atoms with van der Waals surface area (Å²) in [6.07, 6.45) is 0. The summed E-state index contributed by atoms with van der Waals surface area (Å²) in [5.41, 5.74) is 2.91. The third kappa shape index (κ3) is 2.23. The molecule has 1 aromatic heterocycles. The number of H-pyrrole nitrogens is 1. The fourth-order valence-electron chi connectivity index (χ4n) is 1.61. The van der Waals surface area contributed by atoms with Gasteiger partial charge in [0.15, 0.2) is 0 Å². The number of rotatable bonds is 2. The van der Waals surface area contributed by atoms with E-state index in [2.05, 4.69) is 9.97 Å².